The number of aryl methyl sites for hydroxylation is 1. The fourth-order valence-electron chi connectivity index (χ4n) is 1.42. The molecule has 0 saturated carbocycles. The maximum absolute atomic E-state index is 13.5. The van der Waals surface area contributed by atoms with Gasteiger partial charge >= 0.3 is 12.0 Å². The second kappa shape index (κ2) is 6.33. The van der Waals surface area contributed by atoms with Crippen LogP contribution in [-0.4, -0.2) is 34.4 Å². The quantitative estimate of drug-likeness (QED) is 0.656. The third-order valence-corrected chi connectivity index (χ3v) is 2.75. The Morgan fingerprint density at radius 3 is 2.55 bits per heavy atom. The average molecular weight is 284 g/mol. The Morgan fingerprint density at radius 1 is 1.40 bits per heavy atom. The lowest BCUT2D eigenvalue weighted by Gasteiger charge is -2.18. The van der Waals surface area contributed by atoms with E-state index in [2.05, 4.69) is 10.6 Å². The van der Waals surface area contributed by atoms with Crippen molar-refractivity contribution in [3.8, 4) is 0 Å². The third-order valence-electron chi connectivity index (χ3n) is 2.75. The fraction of sp³-hybridized carbons (Fsp3) is 0.385. The van der Waals surface area contributed by atoms with Gasteiger partial charge in [-0.2, -0.15) is 0 Å². The zero-order valence-corrected chi connectivity index (χ0v) is 11.2. The first-order chi connectivity index (χ1) is 9.26. The number of carbonyl (C=O) groups excluding carboxylic acids is 1. The van der Waals surface area contributed by atoms with E-state index in [1.165, 1.54) is 12.1 Å². The molecule has 2 amide bonds. The molecule has 0 heterocycles. The van der Waals surface area contributed by atoms with E-state index in [0.717, 1.165) is 6.92 Å². The lowest BCUT2D eigenvalue weighted by atomic mass is 10.1. The molecule has 6 nitrogen and oxygen atoms in total. The van der Waals surface area contributed by atoms with Crippen LogP contribution < -0.4 is 10.6 Å². The van der Waals surface area contributed by atoms with Gasteiger partial charge in [-0.25, -0.2) is 14.0 Å². The molecule has 0 radical (unpaired) electrons. The predicted molar refractivity (Wildman–Crippen MR) is 71.1 cm³/mol. The first-order valence-electron chi connectivity index (χ1n) is 6.05. The van der Waals surface area contributed by atoms with Gasteiger partial charge in [-0.15, -0.1) is 0 Å². The number of carboxylic acid groups (broad SMARTS) is 1. The predicted octanol–water partition coefficient (Wildman–Crippen LogP) is 1.35. The molecule has 0 saturated heterocycles. The van der Waals surface area contributed by atoms with Crippen molar-refractivity contribution in [3.05, 3.63) is 29.6 Å². The zero-order chi connectivity index (χ0) is 15.3. The average Bonchev–Trinajstić information content (AvgIpc) is 2.36. The van der Waals surface area contributed by atoms with E-state index in [4.69, 9.17) is 5.11 Å². The first-order valence-corrected chi connectivity index (χ1v) is 6.05. The van der Waals surface area contributed by atoms with Crippen LogP contribution in [0.1, 0.15) is 19.4 Å². The highest BCUT2D eigenvalue weighted by molar-refractivity contribution is 5.90. The molecule has 0 aliphatic rings. The zero-order valence-electron chi connectivity index (χ0n) is 11.2. The number of rotatable bonds is 5. The molecule has 0 spiro atoms. The fourth-order valence-corrected chi connectivity index (χ4v) is 1.42. The van der Waals surface area contributed by atoms with Crippen molar-refractivity contribution in [1.82, 2.24) is 5.32 Å². The van der Waals surface area contributed by atoms with Crippen molar-refractivity contribution in [1.29, 1.82) is 0 Å². The number of hydrogen-bond donors (Lipinski definition) is 4. The number of amides is 2. The van der Waals surface area contributed by atoms with Gasteiger partial charge in [0.2, 0.25) is 0 Å². The first kappa shape index (κ1) is 15.9. The van der Waals surface area contributed by atoms with Crippen molar-refractivity contribution in [2.75, 3.05) is 11.9 Å². The van der Waals surface area contributed by atoms with Gasteiger partial charge in [-0.05, 0) is 31.0 Å². The van der Waals surface area contributed by atoms with Crippen molar-refractivity contribution < 1.29 is 24.2 Å². The summed E-state index contributed by atoms with van der Waals surface area (Å²) in [5.74, 6) is -1.88. The number of carboxylic acids is 1. The number of nitrogens with one attached hydrogen (secondary N) is 2. The van der Waals surface area contributed by atoms with Gasteiger partial charge in [-0.3, -0.25) is 0 Å². The number of carbonyl (C=O) groups is 2. The Morgan fingerprint density at radius 2 is 2.05 bits per heavy atom. The van der Waals surface area contributed by atoms with Crippen molar-refractivity contribution >= 4 is 17.7 Å². The molecule has 7 heteroatoms. The summed E-state index contributed by atoms with van der Waals surface area (Å²) in [7, 11) is 0. The van der Waals surface area contributed by atoms with E-state index in [-0.39, 0.29) is 5.69 Å². The van der Waals surface area contributed by atoms with Gasteiger partial charge in [0.15, 0.2) is 5.60 Å². The minimum absolute atomic E-state index is 0.243. The minimum atomic E-state index is -2.06. The molecule has 0 fully saturated rings. The van der Waals surface area contributed by atoms with Gasteiger partial charge in [0.25, 0.3) is 0 Å². The largest absolute Gasteiger partial charge is 0.479 e. The van der Waals surface area contributed by atoms with Gasteiger partial charge in [0, 0.05) is 5.69 Å². The van der Waals surface area contributed by atoms with Crippen LogP contribution in [0, 0.1) is 5.82 Å². The van der Waals surface area contributed by atoms with Crippen LogP contribution in [0.5, 0.6) is 0 Å². The van der Waals surface area contributed by atoms with Gasteiger partial charge in [0.05, 0.1) is 6.54 Å². The summed E-state index contributed by atoms with van der Waals surface area (Å²) >= 11 is 0. The minimum Gasteiger partial charge on any atom is -0.479 e. The van der Waals surface area contributed by atoms with Crippen LogP contribution >= 0.6 is 0 Å². The Labute approximate surface area is 115 Å². The molecule has 1 rings (SSSR count). The van der Waals surface area contributed by atoms with E-state index < -0.39 is 30.0 Å². The Kier molecular flexibility index (Phi) is 5.04. The summed E-state index contributed by atoms with van der Waals surface area (Å²) < 4.78 is 13.5. The number of hydrogen-bond acceptors (Lipinski definition) is 3. The molecule has 4 N–H and O–H groups in total. The molecular weight excluding hydrogens is 267 g/mol. The highest BCUT2D eigenvalue weighted by Gasteiger charge is 2.30. The standard InChI is InChI=1S/C13H17FN2O4/c1-3-8-4-5-9(6-10(8)14)16-12(19)15-7-13(2,20)11(17)18/h4-6,20H,3,7H2,1-2H3,(H,17,18)(H2,15,16,19). The summed E-state index contributed by atoms with van der Waals surface area (Å²) in [6.45, 7) is 2.40. The van der Waals surface area contributed by atoms with Crippen LogP contribution in [0.15, 0.2) is 18.2 Å². The molecule has 0 aliphatic heterocycles. The van der Waals surface area contributed by atoms with Crippen LogP contribution in [-0.2, 0) is 11.2 Å². The molecule has 1 unspecified atom stereocenters. The number of halogens is 1. The van der Waals surface area contributed by atoms with Gasteiger partial charge in [0.1, 0.15) is 5.82 Å². The summed E-state index contributed by atoms with van der Waals surface area (Å²) in [6, 6.07) is 3.54. The third kappa shape index (κ3) is 4.20. The van der Waals surface area contributed by atoms with E-state index in [9.17, 15) is 19.1 Å². The molecule has 110 valence electrons. The number of aliphatic hydroxyl groups is 1. The Hall–Kier alpha value is -2.15. The molecule has 0 aromatic heterocycles. The van der Waals surface area contributed by atoms with Crippen LogP contribution in [0.4, 0.5) is 14.9 Å². The highest BCUT2D eigenvalue weighted by atomic mass is 19.1. The summed E-state index contributed by atoms with van der Waals surface area (Å²) in [4.78, 5) is 22.1. The number of anilines is 1. The summed E-state index contributed by atoms with van der Waals surface area (Å²) in [5.41, 5.74) is -1.29. The van der Waals surface area contributed by atoms with E-state index in [0.29, 0.717) is 12.0 Å². The number of urea groups is 1. The molecule has 1 atom stereocenters. The SMILES string of the molecule is CCc1ccc(NC(=O)NCC(C)(O)C(=O)O)cc1F. The smallest absolute Gasteiger partial charge is 0.337 e. The van der Waals surface area contributed by atoms with Crippen LogP contribution in [0.2, 0.25) is 0 Å². The lowest BCUT2D eigenvalue weighted by Crippen LogP contribution is -2.47. The maximum atomic E-state index is 13.5. The molecule has 0 aliphatic carbocycles. The van der Waals surface area contributed by atoms with Crippen molar-refractivity contribution in [2.24, 2.45) is 0 Å². The second-order valence-corrected chi connectivity index (χ2v) is 4.55. The summed E-state index contributed by atoms with van der Waals surface area (Å²) in [6.07, 6.45) is 0.541. The Bertz CT molecular complexity index is 517. The molecule has 1 aromatic rings. The van der Waals surface area contributed by atoms with E-state index in [1.54, 1.807) is 6.07 Å². The number of aliphatic carboxylic acids is 1. The molecule has 0 bridgehead atoms. The van der Waals surface area contributed by atoms with Crippen molar-refractivity contribution in [3.63, 3.8) is 0 Å². The topological polar surface area (TPSA) is 98.7 Å². The lowest BCUT2D eigenvalue weighted by molar-refractivity contribution is -0.155. The monoisotopic (exact) mass is 284 g/mol. The van der Waals surface area contributed by atoms with Crippen LogP contribution in [0.3, 0.4) is 0 Å². The van der Waals surface area contributed by atoms with Crippen LogP contribution in [0.25, 0.3) is 0 Å². The van der Waals surface area contributed by atoms with Crippen molar-refractivity contribution in [2.45, 2.75) is 25.9 Å². The summed E-state index contributed by atoms with van der Waals surface area (Å²) in [5, 5.41) is 22.6. The highest BCUT2D eigenvalue weighted by Crippen LogP contribution is 2.14. The Balaban J connectivity index is 2.59. The van der Waals surface area contributed by atoms with E-state index >= 15 is 0 Å². The van der Waals surface area contributed by atoms with E-state index in [1.807, 2.05) is 6.92 Å². The van der Waals surface area contributed by atoms with Gasteiger partial charge < -0.3 is 20.8 Å². The molecular formula is C13H17FN2O4. The second-order valence-electron chi connectivity index (χ2n) is 4.55. The van der Waals surface area contributed by atoms with Gasteiger partial charge in [-0.1, -0.05) is 13.0 Å². The maximum Gasteiger partial charge on any atom is 0.337 e. The normalized spacial score (nSPS) is 13.4. The molecule has 20 heavy (non-hydrogen) atoms. The number of benzene rings is 1. The molecule has 1 aromatic carbocycles.